The summed E-state index contributed by atoms with van der Waals surface area (Å²) in [5, 5.41) is 12.0. The average Bonchev–Trinajstić information content (AvgIpc) is 3.15. The fraction of sp³-hybridized carbons (Fsp3) is 0.550. The molecule has 1 saturated heterocycles. The van der Waals surface area contributed by atoms with Crippen molar-refractivity contribution in [2.45, 2.75) is 43.6 Å². The van der Waals surface area contributed by atoms with Crippen LogP contribution in [0.25, 0.3) is 0 Å². The van der Waals surface area contributed by atoms with Gasteiger partial charge in [0.25, 0.3) is 0 Å². The summed E-state index contributed by atoms with van der Waals surface area (Å²) >= 11 is 6.02. The lowest BCUT2D eigenvalue weighted by Crippen LogP contribution is -2.39. The van der Waals surface area contributed by atoms with Gasteiger partial charge in [0.2, 0.25) is 17.7 Å². The molecular formula is C20H24ClN3O4. The van der Waals surface area contributed by atoms with E-state index in [2.05, 4.69) is 15.5 Å². The maximum Gasteiger partial charge on any atom is 0.227 e. The van der Waals surface area contributed by atoms with Gasteiger partial charge in [0.05, 0.1) is 31.3 Å². The summed E-state index contributed by atoms with van der Waals surface area (Å²) in [6.45, 7) is 2.15. The third kappa shape index (κ3) is 4.21. The van der Waals surface area contributed by atoms with Crippen LogP contribution in [0.3, 0.4) is 0 Å². The van der Waals surface area contributed by atoms with Crippen molar-refractivity contribution in [3.63, 3.8) is 0 Å². The number of nitrogens with zero attached hydrogens (tertiary/aromatic N) is 2. The van der Waals surface area contributed by atoms with Gasteiger partial charge in [0, 0.05) is 24.4 Å². The van der Waals surface area contributed by atoms with Crippen LogP contribution in [0.1, 0.15) is 43.0 Å². The highest BCUT2D eigenvalue weighted by molar-refractivity contribution is 6.30. The minimum Gasteiger partial charge on any atom is -0.424 e. The van der Waals surface area contributed by atoms with Gasteiger partial charge in [0.1, 0.15) is 0 Å². The Morgan fingerprint density at radius 2 is 2.04 bits per heavy atom. The first-order valence-corrected chi connectivity index (χ1v) is 10.1. The highest BCUT2D eigenvalue weighted by Crippen LogP contribution is 2.48. The third-order valence-electron chi connectivity index (χ3n) is 5.46. The SMILES string of the molecule is O=C(CCc1nnc(C2(c3ccc(Cl)cc3)CCC2)o1)NCC1COCCO1. The second-order valence-electron chi connectivity index (χ2n) is 7.32. The second kappa shape index (κ2) is 8.59. The average molecular weight is 406 g/mol. The Kier molecular flexibility index (Phi) is 5.94. The van der Waals surface area contributed by atoms with Crippen LogP contribution in [0.15, 0.2) is 28.7 Å². The molecule has 2 fully saturated rings. The highest BCUT2D eigenvalue weighted by atomic mass is 35.5. The number of halogens is 1. The lowest BCUT2D eigenvalue weighted by molar-refractivity contribution is -0.124. The van der Waals surface area contributed by atoms with Crippen molar-refractivity contribution in [2.24, 2.45) is 0 Å². The number of hydrogen-bond donors (Lipinski definition) is 1. The maximum absolute atomic E-state index is 12.1. The molecule has 1 unspecified atom stereocenters. The van der Waals surface area contributed by atoms with Gasteiger partial charge in [-0.25, -0.2) is 0 Å². The molecule has 2 heterocycles. The van der Waals surface area contributed by atoms with Crippen molar-refractivity contribution in [3.05, 3.63) is 46.6 Å². The molecule has 1 N–H and O–H groups in total. The summed E-state index contributed by atoms with van der Waals surface area (Å²) < 4.78 is 16.8. The van der Waals surface area contributed by atoms with Crippen molar-refractivity contribution in [1.82, 2.24) is 15.5 Å². The van der Waals surface area contributed by atoms with E-state index in [-0.39, 0.29) is 17.4 Å². The highest BCUT2D eigenvalue weighted by Gasteiger charge is 2.45. The van der Waals surface area contributed by atoms with Gasteiger partial charge in [-0.3, -0.25) is 4.79 Å². The van der Waals surface area contributed by atoms with E-state index in [0.29, 0.717) is 56.0 Å². The van der Waals surface area contributed by atoms with Gasteiger partial charge < -0.3 is 19.2 Å². The minimum absolute atomic E-state index is 0.0648. The van der Waals surface area contributed by atoms with Crippen molar-refractivity contribution in [3.8, 4) is 0 Å². The fourth-order valence-electron chi connectivity index (χ4n) is 3.66. The molecule has 2 aliphatic rings. The molecule has 0 bridgehead atoms. The van der Waals surface area contributed by atoms with Gasteiger partial charge in [-0.2, -0.15) is 0 Å². The Morgan fingerprint density at radius 1 is 1.21 bits per heavy atom. The molecule has 1 aliphatic heterocycles. The number of carbonyl (C=O) groups excluding carboxylic acids is 1. The van der Waals surface area contributed by atoms with E-state index in [4.69, 9.17) is 25.5 Å². The first-order valence-electron chi connectivity index (χ1n) is 9.71. The summed E-state index contributed by atoms with van der Waals surface area (Å²) in [6.07, 6.45) is 3.70. The molecule has 7 nitrogen and oxygen atoms in total. The number of amides is 1. The van der Waals surface area contributed by atoms with Crippen molar-refractivity contribution >= 4 is 17.5 Å². The molecule has 4 rings (SSSR count). The topological polar surface area (TPSA) is 86.5 Å². The smallest absolute Gasteiger partial charge is 0.227 e. The number of hydrogen-bond acceptors (Lipinski definition) is 6. The number of ether oxygens (including phenoxy) is 2. The first kappa shape index (κ1) is 19.4. The Hall–Kier alpha value is -1.96. The molecule has 1 atom stereocenters. The van der Waals surface area contributed by atoms with Crippen LogP contribution in [0.4, 0.5) is 0 Å². The number of carbonyl (C=O) groups is 1. The number of aromatic nitrogens is 2. The van der Waals surface area contributed by atoms with E-state index in [1.54, 1.807) is 0 Å². The van der Waals surface area contributed by atoms with Gasteiger partial charge >= 0.3 is 0 Å². The largest absolute Gasteiger partial charge is 0.424 e. The summed E-state index contributed by atoms with van der Waals surface area (Å²) in [6, 6.07) is 7.82. The predicted molar refractivity (Wildman–Crippen MR) is 102 cm³/mol. The number of rotatable bonds is 7. The monoisotopic (exact) mass is 405 g/mol. The fourth-order valence-corrected chi connectivity index (χ4v) is 3.79. The number of aryl methyl sites for hydroxylation is 1. The van der Waals surface area contributed by atoms with E-state index in [9.17, 15) is 4.79 Å². The quantitative estimate of drug-likeness (QED) is 0.762. The standard InChI is InChI=1S/C20H24ClN3O4/c21-15-4-2-14(3-5-15)20(8-1-9-20)19-24-23-18(28-19)7-6-17(25)22-12-16-13-26-10-11-27-16/h2-5,16H,1,6-13H2,(H,22,25). The molecule has 1 amide bonds. The van der Waals surface area contributed by atoms with Gasteiger partial charge in [-0.15, -0.1) is 10.2 Å². The molecule has 0 radical (unpaired) electrons. The van der Waals surface area contributed by atoms with Crippen LogP contribution >= 0.6 is 11.6 Å². The van der Waals surface area contributed by atoms with Crippen LogP contribution in [-0.2, 0) is 26.1 Å². The molecule has 150 valence electrons. The van der Waals surface area contributed by atoms with E-state index in [1.165, 1.54) is 0 Å². The zero-order valence-corrected chi connectivity index (χ0v) is 16.4. The van der Waals surface area contributed by atoms with Crippen LogP contribution in [-0.4, -0.2) is 48.6 Å². The van der Waals surface area contributed by atoms with Gasteiger partial charge in [0.15, 0.2) is 0 Å². The van der Waals surface area contributed by atoms with Gasteiger partial charge in [-0.05, 0) is 30.5 Å². The predicted octanol–water partition coefficient (Wildman–Crippen LogP) is 2.66. The third-order valence-corrected chi connectivity index (χ3v) is 5.71. The number of benzene rings is 1. The van der Waals surface area contributed by atoms with Crippen LogP contribution in [0, 0.1) is 0 Å². The summed E-state index contributed by atoms with van der Waals surface area (Å²) in [4.78, 5) is 12.1. The Morgan fingerprint density at radius 3 is 2.71 bits per heavy atom. The molecule has 8 heteroatoms. The van der Waals surface area contributed by atoms with E-state index < -0.39 is 0 Å². The normalized spacial score (nSPS) is 21.1. The van der Waals surface area contributed by atoms with E-state index in [0.717, 1.165) is 24.8 Å². The second-order valence-corrected chi connectivity index (χ2v) is 7.75. The zero-order valence-electron chi connectivity index (χ0n) is 15.7. The van der Waals surface area contributed by atoms with E-state index in [1.807, 2.05) is 24.3 Å². The summed E-state index contributed by atoms with van der Waals surface area (Å²) in [5.74, 6) is 1.05. The van der Waals surface area contributed by atoms with E-state index >= 15 is 0 Å². The van der Waals surface area contributed by atoms with Crippen LogP contribution < -0.4 is 5.32 Å². The Bertz CT molecular complexity index is 798. The molecule has 1 aromatic carbocycles. The van der Waals surface area contributed by atoms with Gasteiger partial charge in [-0.1, -0.05) is 30.2 Å². The lowest BCUT2D eigenvalue weighted by atomic mass is 9.64. The zero-order chi connectivity index (χ0) is 19.4. The van der Waals surface area contributed by atoms with Crippen molar-refractivity contribution < 1.29 is 18.7 Å². The Balaban J connectivity index is 1.32. The Labute approximate surface area is 168 Å². The summed E-state index contributed by atoms with van der Waals surface area (Å²) in [5.41, 5.74) is 0.918. The van der Waals surface area contributed by atoms with Crippen LogP contribution in [0.5, 0.6) is 0 Å². The molecule has 28 heavy (non-hydrogen) atoms. The molecule has 1 saturated carbocycles. The first-order chi connectivity index (χ1) is 13.7. The van der Waals surface area contributed by atoms with Crippen LogP contribution in [0.2, 0.25) is 5.02 Å². The lowest BCUT2D eigenvalue weighted by Gasteiger charge is -2.39. The summed E-state index contributed by atoms with van der Waals surface area (Å²) in [7, 11) is 0. The number of nitrogens with one attached hydrogen (secondary N) is 1. The van der Waals surface area contributed by atoms with Crippen molar-refractivity contribution in [1.29, 1.82) is 0 Å². The molecular weight excluding hydrogens is 382 g/mol. The molecule has 1 aromatic heterocycles. The minimum atomic E-state index is -0.226. The molecule has 2 aromatic rings. The van der Waals surface area contributed by atoms with Crippen molar-refractivity contribution in [2.75, 3.05) is 26.4 Å². The molecule has 1 aliphatic carbocycles. The molecule has 0 spiro atoms. The maximum atomic E-state index is 12.1.